The largest absolute Gasteiger partial charge is 0.0848 e. The summed E-state index contributed by atoms with van der Waals surface area (Å²) in [5, 5.41) is 0. The van der Waals surface area contributed by atoms with E-state index in [9.17, 15) is 0 Å². The van der Waals surface area contributed by atoms with Crippen molar-refractivity contribution in [2.75, 3.05) is 0 Å². The van der Waals surface area contributed by atoms with Crippen LogP contribution in [0.3, 0.4) is 0 Å². The van der Waals surface area contributed by atoms with E-state index in [0.29, 0.717) is 0 Å². The highest BCUT2D eigenvalue weighted by atomic mass is 14.9. The van der Waals surface area contributed by atoms with Crippen molar-refractivity contribution in [2.45, 2.75) is 19.3 Å². The van der Waals surface area contributed by atoms with Gasteiger partial charge in [0.05, 0.1) is 0 Å². The molecular weight excluding hydrogens is 168 g/mol. The highest BCUT2D eigenvalue weighted by molar-refractivity contribution is 5.37. The second-order valence-corrected chi connectivity index (χ2v) is 7.12. The van der Waals surface area contributed by atoms with Crippen molar-refractivity contribution in [3.8, 4) is 0 Å². The fraction of sp³-hybridized carbons (Fsp3) is 0.857. The third-order valence-corrected chi connectivity index (χ3v) is 7.32. The Morgan fingerprint density at radius 1 is 0.929 bits per heavy atom. The summed E-state index contributed by atoms with van der Waals surface area (Å²) < 4.78 is 0. The molecule has 0 nitrogen and oxygen atoms in total. The van der Waals surface area contributed by atoms with Gasteiger partial charge in [-0.1, -0.05) is 12.2 Å². The first-order chi connectivity index (χ1) is 6.90. The second-order valence-electron chi connectivity index (χ2n) is 7.12. The molecule has 9 unspecified atom stereocenters. The minimum atomic E-state index is 0.981. The summed E-state index contributed by atoms with van der Waals surface area (Å²) in [6.07, 6.45) is 10.0. The molecule has 14 heavy (non-hydrogen) atoms. The Bertz CT molecular complexity index is 375. The van der Waals surface area contributed by atoms with Gasteiger partial charge in [0.2, 0.25) is 0 Å². The summed E-state index contributed by atoms with van der Waals surface area (Å²) in [5.74, 6) is 9.39. The fourth-order valence-electron chi connectivity index (χ4n) is 7.30. The standard InChI is InChI=1S/C14H16/c1-2-7-3-6(1)10-11(7)13-8-4-14(13)5-9(14)12(8)10/h1-2,6-13H,3-5H2. The molecule has 0 heteroatoms. The maximum absolute atomic E-state index is 2.58. The maximum atomic E-state index is 2.58. The molecule has 0 aromatic carbocycles. The zero-order valence-electron chi connectivity index (χ0n) is 8.39. The first-order valence-electron chi connectivity index (χ1n) is 6.58. The highest BCUT2D eigenvalue weighted by Crippen LogP contribution is 2.92. The smallest absolute Gasteiger partial charge is 0.0193 e. The van der Waals surface area contributed by atoms with E-state index < -0.39 is 0 Å². The van der Waals surface area contributed by atoms with Crippen molar-refractivity contribution >= 4 is 0 Å². The zero-order valence-corrected chi connectivity index (χ0v) is 8.39. The van der Waals surface area contributed by atoms with Gasteiger partial charge in [0.1, 0.15) is 0 Å². The molecule has 0 radical (unpaired) electrons. The first kappa shape index (κ1) is 6.35. The number of fused-ring (bicyclic) bond motifs is 7. The normalized spacial score (nSPS) is 82.9. The molecule has 0 heterocycles. The molecular formula is C14H16. The van der Waals surface area contributed by atoms with Crippen LogP contribution in [0.2, 0.25) is 0 Å². The SMILES string of the molecule is C1=CC2CC1C1C3C4CC5(CC35)C4C21. The van der Waals surface area contributed by atoms with Gasteiger partial charge in [-0.2, -0.15) is 0 Å². The lowest BCUT2D eigenvalue weighted by atomic mass is 9.61. The van der Waals surface area contributed by atoms with Crippen LogP contribution in [0.25, 0.3) is 0 Å². The minimum Gasteiger partial charge on any atom is -0.0848 e. The van der Waals surface area contributed by atoms with E-state index in [-0.39, 0.29) is 0 Å². The van der Waals surface area contributed by atoms with Crippen molar-refractivity contribution in [3.63, 3.8) is 0 Å². The second kappa shape index (κ2) is 1.45. The number of allylic oxidation sites excluding steroid dienone is 2. The molecule has 6 bridgehead atoms. The van der Waals surface area contributed by atoms with E-state index in [4.69, 9.17) is 0 Å². The number of hydrogen-bond donors (Lipinski definition) is 0. The molecule has 9 atom stereocenters. The van der Waals surface area contributed by atoms with Crippen molar-refractivity contribution in [2.24, 2.45) is 52.8 Å². The van der Waals surface area contributed by atoms with Gasteiger partial charge in [0, 0.05) is 0 Å². The van der Waals surface area contributed by atoms with Crippen LogP contribution in [-0.2, 0) is 0 Å². The molecule has 0 saturated heterocycles. The summed E-state index contributed by atoms with van der Waals surface area (Å²) in [4.78, 5) is 0. The number of hydrogen-bond acceptors (Lipinski definition) is 0. The lowest BCUT2D eigenvalue weighted by Gasteiger charge is -2.43. The Kier molecular flexibility index (Phi) is 0.660. The van der Waals surface area contributed by atoms with Gasteiger partial charge in [0.25, 0.3) is 0 Å². The Labute approximate surface area is 84.8 Å². The number of rotatable bonds is 0. The van der Waals surface area contributed by atoms with Crippen LogP contribution in [-0.4, -0.2) is 0 Å². The monoisotopic (exact) mass is 184 g/mol. The predicted octanol–water partition coefficient (Wildman–Crippen LogP) is 2.71. The third-order valence-electron chi connectivity index (χ3n) is 7.32. The van der Waals surface area contributed by atoms with Crippen LogP contribution in [0.15, 0.2) is 12.2 Å². The zero-order chi connectivity index (χ0) is 8.65. The summed E-state index contributed by atoms with van der Waals surface area (Å²) >= 11 is 0. The third kappa shape index (κ3) is 0.367. The molecule has 0 N–H and O–H groups in total. The van der Waals surface area contributed by atoms with Gasteiger partial charge in [-0.05, 0) is 72.0 Å². The maximum Gasteiger partial charge on any atom is -0.0193 e. The van der Waals surface area contributed by atoms with E-state index in [1.54, 1.807) is 19.3 Å². The van der Waals surface area contributed by atoms with Crippen molar-refractivity contribution in [1.29, 1.82) is 0 Å². The lowest BCUT2D eigenvalue weighted by molar-refractivity contribution is 0.0529. The van der Waals surface area contributed by atoms with Crippen LogP contribution < -0.4 is 0 Å². The van der Waals surface area contributed by atoms with Crippen LogP contribution in [0.5, 0.6) is 0 Å². The van der Waals surface area contributed by atoms with E-state index in [2.05, 4.69) is 12.2 Å². The van der Waals surface area contributed by atoms with Crippen molar-refractivity contribution < 1.29 is 0 Å². The topological polar surface area (TPSA) is 0 Å². The Morgan fingerprint density at radius 2 is 1.79 bits per heavy atom. The molecule has 5 saturated carbocycles. The van der Waals surface area contributed by atoms with Gasteiger partial charge < -0.3 is 0 Å². The average Bonchev–Trinajstić information content (AvgIpc) is 2.61. The summed E-state index contributed by atoms with van der Waals surface area (Å²) in [5.41, 5.74) is 0.981. The Balaban J connectivity index is 1.62. The van der Waals surface area contributed by atoms with Gasteiger partial charge in [0.15, 0.2) is 0 Å². The fourth-order valence-corrected chi connectivity index (χ4v) is 7.30. The van der Waals surface area contributed by atoms with Crippen LogP contribution in [0.1, 0.15) is 19.3 Å². The molecule has 0 aromatic heterocycles. The summed E-state index contributed by atoms with van der Waals surface area (Å²) in [6.45, 7) is 0. The summed E-state index contributed by atoms with van der Waals surface area (Å²) in [6, 6.07) is 0. The molecule has 0 aromatic rings. The van der Waals surface area contributed by atoms with Crippen LogP contribution in [0, 0.1) is 52.8 Å². The van der Waals surface area contributed by atoms with Gasteiger partial charge in [-0.25, -0.2) is 0 Å². The van der Waals surface area contributed by atoms with Gasteiger partial charge in [-0.15, -0.1) is 0 Å². The van der Waals surface area contributed by atoms with Crippen molar-refractivity contribution in [3.05, 3.63) is 12.2 Å². The lowest BCUT2D eigenvalue weighted by Crippen LogP contribution is -2.38. The van der Waals surface area contributed by atoms with Crippen LogP contribution in [0.4, 0.5) is 0 Å². The Hall–Kier alpha value is -0.260. The first-order valence-corrected chi connectivity index (χ1v) is 6.58. The molecule has 5 fully saturated rings. The average molecular weight is 184 g/mol. The molecule has 6 aliphatic carbocycles. The van der Waals surface area contributed by atoms with E-state index in [0.717, 1.165) is 17.3 Å². The molecule has 6 aliphatic rings. The highest BCUT2D eigenvalue weighted by Gasteiger charge is 2.86. The molecule has 72 valence electrons. The predicted molar refractivity (Wildman–Crippen MR) is 53.3 cm³/mol. The van der Waals surface area contributed by atoms with E-state index in [1.807, 2.05) is 0 Å². The van der Waals surface area contributed by atoms with E-state index >= 15 is 0 Å². The van der Waals surface area contributed by atoms with Gasteiger partial charge >= 0.3 is 0 Å². The van der Waals surface area contributed by atoms with Crippen LogP contribution >= 0.6 is 0 Å². The summed E-state index contributed by atoms with van der Waals surface area (Å²) in [7, 11) is 0. The molecule has 6 rings (SSSR count). The van der Waals surface area contributed by atoms with Gasteiger partial charge in [-0.3, -0.25) is 0 Å². The van der Waals surface area contributed by atoms with Crippen molar-refractivity contribution in [1.82, 2.24) is 0 Å². The quantitative estimate of drug-likeness (QED) is 0.508. The molecule has 0 amide bonds. The molecule has 0 aliphatic heterocycles. The minimum absolute atomic E-state index is 0.981. The molecule has 1 spiro atoms. The van der Waals surface area contributed by atoms with E-state index in [1.165, 1.54) is 35.5 Å². The Morgan fingerprint density at radius 3 is 2.64 bits per heavy atom.